The van der Waals surface area contributed by atoms with Crippen molar-refractivity contribution in [3.63, 3.8) is 0 Å². The average molecular weight is 375 g/mol. The van der Waals surface area contributed by atoms with Crippen molar-refractivity contribution in [3.05, 3.63) is 68.3 Å². The molecular weight excluding hydrogens is 360 g/mol. The largest absolute Gasteiger partial charge is 0.348 e. The quantitative estimate of drug-likeness (QED) is 0.626. The lowest BCUT2D eigenvalue weighted by molar-refractivity contribution is -0.116. The Bertz CT molecular complexity index is 869. The van der Waals surface area contributed by atoms with Crippen molar-refractivity contribution in [3.8, 4) is 10.6 Å². The van der Waals surface area contributed by atoms with Crippen molar-refractivity contribution < 1.29 is 4.79 Å². The van der Waals surface area contributed by atoms with E-state index in [2.05, 4.69) is 10.3 Å². The first-order chi connectivity index (χ1) is 11.6. The highest BCUT2D eigenvalue weighted by atomic mass is 35.5. The van der Waals surface area contributed by atoms with E-state index in [1.165, 1.54) is 0 Å². The number of carbonyl (C=O) groups excluding carboxylic acids is 1. The maximum Gasteiger partial charge on any atom is 0.244 e. The molecule has 0 aliphatic heterocycles. The molecular formula is C18H15ClN2OS2. The highest BCUT2D eigenvalue weighted by Gasteiger charge is 2.12. The molecule has 0 fully saturated rings. The third-order valence-electron chi connectivity index (χ3n) is 3.36. The summed E-state index contributed by atoms with van der Waals surface area (Å²) in [6.07, 6.45) is 3.37. The van der Waals surface area contributed by atoms with E-state index < -0.39 is 0 Å². The summed E-state index contributed by atoms with van der Waals surface area (Å²) in [6, 6.07) is 11.6. The smallest absolute Gasteiger partial charge is 0.244 e. The zero-order valence-electron chi connectivity index (χ0n) is 13.0. The van der Waals surface area contributed by atoms with Gasteiger partial charge < -0.3 is 5.32 Å². The van der Waals surface area contributed by atoms with Crippen molar-refractivity contribution in [2.75, 3.05) is 0 Å². The van der Waals surface area contributed by atoms with Gasteiger partial charge in [-0.2, -0.15) is 0 Å². The zero-order valence-corrected chi connectivity index (χ0v) is 15.3. The number of nitrogens with zero attached hydrogens (tertiary/aromatic N) is 1. The van der Waals surface area contributed by atoms with Crippen LogP contribution in [0.2, 0.25) is 5.02 Å². The molecule has 1 aromatic carbocycles. The molecule has 0 saturated carbocycles. The van der Waals surface area contributed by atoms with Gasteiger partial charge in [0, 0.05) is 21.4 Å². The van der Waals surface area contributed by atoms with Crippen LogP contribution in [0.15, 0.2) is 47.9 Å². The Morgan fingerprint density at radius 2 is 2.12 bits per heavy atom. The van der Waals surface area contributed by atoms with Crippen LogP contribution in [-0.4, -0.2) is 10.9 Å². The molecule has 1 N–H and O–H groups in total. The van der Waals surface area contributed by atoms with E-state index in [1.54, 1.807) is 28.7 Å². The van der Waals surface area contributed by atoms with Crippen LogP contribution in [0.1, 0.15) is 15.4 Å². The summed E-state index contributed by atoms with van der Waals surface area (Å²) < 4.78 is 0. The Kier molecular flexibility index (Phi) is 5.45. The lowest BCUT2D eigenvalue weighted by Gasteiger charge is -2.00. The van der Waals surface area contributed by atoms with Crippen molar-refractivity contribution in [1.82, 2.24) is 10.3 Å². The van der Waals surface area contributed by atoms with Crippen LogP contribution in [0.5, 0.6) is 0 Å². The fourth-order valence-corrected chi connectivity index (χ4v) is 4.05. The van der Waals surface area contributed by atoms with Gasteiger partial charge in [-0.3, -0.25) is 4.79 Å². The van der Waals surface area contributed by atoms with Crippen molar-refractivity contribution in [1.29, 1.82) is 0 Å². The number of hydrogen-bond donors (Lipinski definition) is 1. The Morgan fingerprint density at radius 3 is 2.88 bits per heavy atom. The number of thiazole rings is 1. The lowest BCUT2D eigenvalue weighted by Crippen LogP contribution is -2.19. The first-order valence-corrected chi connectivity index (χ1v) is 9.41. The van der Waals surface area contributed by atoms with Gasteiger partial charge in [0.2, 0.25) is 5.91 Å². The Balaban J connectivity index is 1.66. The summed E-state index contributed by atoms with van der Waals surface area (Å²) in [6.45, 7) is 2.40. The van der Waals surface area contributed by atoms with E-state index in [-0.39, 0.29) is 5.91 Å². The number of carbonyl (C=O) groups is 1. The summed E-state index contributed by atoms with van der Waals surface area (Å²) in [5.74, 6) is -0.115. The maximum absolute atomic E-state index is 11.9. The van der Waals surface area contributed by atoms with E-state index in [4.69, 9.17) is 11.6 Å². The molecule has 0 unspecified atom stereocenters. The van der Waals surface area contributed by atoms with Crippen LogP contribution in [0.3, 0.4) is 0 Å². The van der Waals surface area contributed by atoms with Crippen molar-refractivity contribution in [2.24, 2.45) is 0 Å². The van der Waals surface area contributed by atoms with E-state index in [9.17, 15) is 4.79 Å². The van der Waals surface area contributed by atoms with Gasteiger partial charge in [-0.05, 0) is 30.5 Å². The highest BCUT2D eigenvalue weighted by Crippen LogP contribution is 2.32. The monoisotopic (exact) mass is 374 g/mol. The fraction of sp³-hybridized carbons (Fsp3) is 0.111. The number of rotatable bonds is 5. The second kappa shape index (κ2) is 7.75. The Morgan fingerprint density at radius 1 is 1.29 bits per heavy atom. The van der Waals surface area contributed by atoms with E-state index in [0.29, 0.717) is 11.6 Å². The van der Waals surface area contributed by atoms with Crippen LogP contribution in [0.25, 0.3) is 16.6 Å². The van der Waals surface area contributed by atoms with Gasteiger partial charge in [0.25, 0.3) is 0 Å². The SMILES string of the molecule is Cc1nc(-c2ccccc2Cl)sc1CNC(=O)/C=C/c1cccs1. The molecule has 3 aromatic rings. The molecule has 0 atom stereocenters. The van der Waals surface area contributed by atoms with Gasteiger partial charge in [0.05, 0.1) is 17.3 Å². The number of halogens is 1. The van der Waals surface area contributed by atoms with Crippen LogP contribution < -0.4 is 5.32 Å². The number of aromatic nitrogens is 1. The van der Waals surface area contributed by atoms with E-state index in [1.807, 2.05) is 54.8 Å². The third kappa shape index (κ3) is 4.12. The van der Waals surface area contributed by atoms with Crippen LogP contribution in [-0.2, 0) is 11.3 Å². The fourth-order valence-electron chi connectivity index (χ4n) is 2.11. The average Bonchev–Trinajstić information content (AvgIpc) is 3.21. The van der Waals surface area contributed by atoms with Gasteiger partial charge in [-0.25, -0.2) is 4.98 Å². The van der Waals surface area contributed by atoms with Gasteiger partial charge in [-0.15, -0.1) is 22.7 Å². The molecule has 1 amide bonds. The summed E-state index contributed by atoms with van der Waals surface area (Å²) in [5.41, 5.74) is 1.83. The van der Waals surface area contributed by atoms with Crippen LogP contribution >= 0.6 is 34.3 Å². The van der Waals surface area contributed by atoms with Gasteiger partial charge in [0.1, 0.15) is 5.01 Å². The first-order valence-electron chi connectivity index (χ1n) is 7.34. The van der Waals surface area contributed by atoms with Crippen LogP contribution in [0.4, 0.5) is 0 Å². The summed E-state index contributed by atoms with van der Waals surface area (Å²) in [4.78, 5) is 18.6. The van der Waals surface area contributed by atoms with Crippen molar-refractivity contribution >= 4 is 46.3 Å². The minimum atomic E-state index is -0.115. The van der Waals surface area contributed by atoms with Gasteiger partial charge in [-0.1, -0.05) is 35.9 Å². The Labute approximate surface area is 153 Å². The number of nitrogens with one attached hydrogen (secondary N) is 1. The summed E-state index contributed by atoms with van der Waals surface area (Å²) in [5, 5.41) is 6.43. The molecule has 0 bridgehead atoms. The molecule has 3 rings (SSSR count). The molecule has 2 heterocycles. The molecule has 0 aliphatic carbocycles. The second-order valence-corrected chi connectivity index (χ2v) is 7.54. The topological polar surface area (TPSA) is 42.0 Å². The molecule has 0 spiro atoms. The Hall–Kier alpha value is -1.95. The maximum atomic E-state index is 11.9. The normalized spacial score (nSPS) is 11.1. The molecule has 0 radical (unpaired) electrons. The number of benzene rings is 1. The molecule has 2 aromatic heterocycles. The van der Waals surface area contributed by atoms with Gasteiger partial charge >= 0.3 is 0 Å². The summed E-state index contributed by atoms with van der Waals surface area (Å²) >= 11 is 9.38. The second-order valence-electron chi connectivity index (χ2n) is 5.07. The highest BCUT2D eigenvalue weighted by molar-refractivity contribution is 7.15. The predicted molar refractivity (Wildman–Crippen MR) is 102 cm³/mol. The number of aryl methyl sites for hydroxylation is 1. The molecule has 0 aliphatic rings. The zero-order chi connectivity index (χ0) is 16.9. The minimum Gasteiger partial charge on any atom is -0.348 e. The number of thiophene rings is 1. The number of amides is 1. The molecule has 3 nitrogen and oxygen atoms in total. The molecule has 24 heavy (non-hydrogen) atoms. The first kappa shape index (κ1) is 16.9. The van der Waals surface area contributed by atoms with E-state index in [0.717, 1.165) is 26.0 Å². The summed E-state index contributed by atoms with van der Waals surface area (Å²) in [7, 11) is 0. The third-order valence-corrected chi connectivity index (χ3v) is 5.72. The lowest BCUT2D eigenvalue weighted by atomic mass is 10.2. The van der Waals surface area contributed by atoms with Crippen LogP contribution in [0, 0.1) is 6.92 Å². The van der Waals surface area contributed by atoms with Gasteiger partial charge in [0.15, 0.2) is 0 Å². The van der Waals surface area contributed by atoms with E-state index >= 15 is 0 Å². The standard InChI is InChI=1S/C18H15ClN2OS2/c1-12-16(11-20-17(22)9-8-13-5-4-10-23-13)24-18(21-12)14-6-2-3-7-15(14)19/h2-10H,11H2,1H3,(H,20,22)/b9-8+. The molecule has 122 valence electrons. The number of hydrogen-bond acceptors (Lipinski definition) is 4. The minimum absolute atomic E-state index is 0.115. The predicted octanol–water partition coefficient (Wildman–Crippen LogP) is 5.16. The molecule has 6 heteroatoms. The molecule has 0 saturated heterocycles. The van der Waals surface area contributed by atoms with Crippen molar-refractivity contribution in [2.45, 2.75) is 13.5 Å².